The third-order valence-corrected chi connectivity index (χ3v) is 6.58. The molecule has 4 N–H and O–H groups in total. The van der Waals surface area contributed by atoms with Crippen LogP contribution in [0.2, 0.25) is 0 Å². The third kappa shape index (κ3) is 3.16. The molecule has 0 aromatic rings. The molecule has 0 spiro atoms. The smallest absolute Gasteiger partial charge is 0.00647 e. The van der Waals surface area contributed by atoms with E-state index in [1.807, 2.05) is 0 Å². The van der Waals surface area contributed by atoms with Crippen molar-refractivity contribution in [3.8, 4) is 0 Å². The van der Waals surface area contributed by atoms with Crippen LogP contribution in [0.1, 0.15) is 66.2 Å². The number of rotatable bonds is 2. The summed E-state index contributed by atoms with van der Waals surface area (Å²) in [5.74, 6) is 3.10. The zero-order valence-electron chi connectivity index (χ0n) is 13.4. The lowest BCUT2D eigenvalue weighted by atomic mass is 9.58. The molecule has 0 bridgehead atoms. The van der Waals surface area contributed by atoms with Crippen molar-refractivity contribution in [2.24, 2.45) is 40.6 Å². The average Bonchev–Trinajstić information content (AvgIpc) is 2.35. The van der Waals surface area contributed by atoms with Gasteiger partial charge in [0.2, 0.25) is 0 Å². The fourth-order valence-corrected chi connectivity index (χ4v) is 4.52. The van der Waals surface area contributed by atoms with Crippen LogP contribution in [0.25, 0.3) is 0 Å². The van der Waals surface area contributed by atoms with Gasteiger partial charge in [0.1, 0.15) is 0 Å². The molecule has 0 aromatic heterocycles. The van der Waals surface area contributed by atoms with Gasteiger partial charge in [-0.05, 0) is 67.6 Å². The van der Waals surface area contributed by atoms with Crippen molar-refractivity contribution in [2.75, 3.05) is 0 Å². The van der Waals surface area contributed by atoms with Crippen molar-refractivity contribution in [3.05, 3.63) is 0 Å². The Morgan fingerprint density at radius 2 is 1.11 bits per heavy atom. The minimum absolute atomic E-state index is 0.436. The van der Waals surface area contributed by atoms with Crippen LogP contribution in [-0.4, -0.2) is 12.1 Å². The van der Waals surface area contributed by atoms with Gasteiger partial charge in [-0.3, -0.25) is 0 Å². The van der Waals surface area contributed by atoms with E-state index in [0.29, 0.717) is 29.3 Å². The maximum atomic E-state index is 6.19. The minimum atomic E-state index is 0.436. The van der Waals surface area contributed by atoms with Gasteiger partial charge in [-0.15, -0.1) is 0 Å². The lowest BCUT2D eigenvalue weighted by molar-refractivity contribution is 0.0259. The van der Waals surface area contributed by atoms with E-state index in [2.05, 4.69) is 27.7 Å². The summed E-state index contributed by atoms with van der Waals surface area (Å²) >= 11 is 0. The standard InChI is InChI=1S/C17H34N2/c1-11-9-13(5-7-15(11)18)17(3,4)14-6-8-16(19)12(2)10-14/h11-16H,5-10,18-19H2,1-4H3. The summed E-state index contributed by atoms with van der Waals surface area (Å²) < 4.78 is 0. The van der Waals surface area contributed by atoms with Gasteiger partial charge in [-0.1, -0.05) is 27.7 Å². The first kappa shape index (κ1) is 15.3. The molecule has 112 valence electrons. The number of hydrogen-bond donors (Lipinski definition) is 2. The maximum Gasteiger partial charge on any atom is 0.00647 e. The van der Waals surface area contributed by atoms with Crippen LogP contribution >= 0.6 is 0 Å². The van der Waals surface area contributed by atoms with Crippen LogP contribution in [0.4, 0.5) is 0 Å². The van der Waals surface area contributed by atoms with Crippen molar-refractivity contribution >= 4 is 0 Å². The van der Waals surface area contributed by atoms with E-state index in [4.69, 9.17) is 11.5 Å². The van der Waals surface area contributed by atoms with Crippen molar-refractivity contribution in [1.82, 2.24) is 0 Å². The summed E-state index contributed by atoms with van der Waals surface area (Å²) in [5, 5.41) is 0. The Bertz CT molecular complexity index is 272. The van der Waals surface area contributed by atoms with Crippen LogP contribution in [0.15, 0.2) is 0 Å². The van der Waals surface area contributed by atoms with E-state index >= 15 is 0 Å². The van der Waals surface area contributed by atoms with E-state index in [1.165, 1.54) is 38.5 Å². The monoisotopic (exact) mass is 266 g/mol. The summed E-state index contributed by atoms with van der Waals surface area (Å²) in [6.45, 7) is 9.70. The second kappa shape index (κ2) is 5.73. The normalized spacial score (nSPS) is 45.2. The Kier molecular flexibility index (Phi) is 4.62. The molecule has 0 radical (unpaired) electrons. The van der Waals surface area contributed by atoms with Gasteiger partial charge in [0, 0.05) is 12.1 Å². The zero-order chi connectivity index (χ0) is 14.2. The van der Waals surface area contributed by atoms with E-state index in [0.717, 1.165) is 11.8 Å². The Labute approximate surface area is 119 Å². The van der Waals surface area contributed by atoms with Crippen LogP contribution < -0.4 is 11.5 Å². The van der Waals surface area contributed by atoms with Crippen LogP contribution in [-0.2, 0) is 0 Å². The molecule has 0 aliphatic heterocycles. The van der Waals surface area contributed by atoms with E-state index in [-0.39, 0.29) is 0 Å². The minimum Gasteiger partial charge on any atom is -0.327 e. The first-order chi connectivity index (χ1) is 8.82. The second-order valence-corrected chi connectivity index (χ2v) is 8.12. The Hall–Kier alpha value is -0.0800. The van der Waals surface area contributed by atoms with Crippen LogP contribution in [0, 0.1) is 29.1 Å². The van der Waals surface area contributed by atoms with Gasteiger partial charge in [0.25, 0.3) is 0 Å². The highest BCUT2D eigenvalue weighted by Gasteiger charge is 2.42. The lowest BCUT2D eigenvalue weighted by Crippen LogP contribution is -2.45. The SMILES string of the molecule is CC1CC(C(C)(C)C2CCC(N)C(C)C2)CCC1N. The fourth-order valence-electron chi connectivity index (χ4n) is 4.52. The van der Waals surface area contributed by atoms with E-state index in [9.17, 15) is 0 Å². The largest absolute Gasteiger partial charge is 0.327 e. The number of nitrogens with two attached hydrogens (primary N) is 2. The summed E-state index contributed by atoms with van der Waals surface area (Å²) in [7, 11) is 0. The van der Waals surface area contributed by atoms with Crippen molar-refractivity contribution in [3.63, 3.8) is 0 Å². The molecule has 2 nitrogen and oxygen atoms in total. The lowest BCUT2D eigenvalue weighted by Gasteiger charge is -2.48. The molecule has 6 unspecified atom stereocenters. The van der Waals surface area contributed by atoms with Crippen molar-refractivity contribution in [1.29, 1.82) is 0 Å². The van der Waals surface area contributed by atoms with E-state index in [1.54, 1.807) is 0 Å². The molecule has 0 heterocycles. The summed E-state index contributed by atoms with van der Waals surface area (Å²) in [6, 6.07) is 0.872. The first-order valence-corrected chi connectivity index (χ1v) is 8.33. The molecule has 2 rings (SSSR count). The quantitative estimate of drug-likeness (QED) is 0.803. The molecule has 2 fully saturated rings. The zero-order valence-corrected chi connectivity index (χ0v) is 13.4. The van der Waals surface area contributed by atoms with Gasteiger partial charge in [-0.2, -0.15) is 0 Å². The van der Waals surface area contributed by atoms with Gasteiger partial charge in [0.15, 0.2) is 0 Å². The second-order valence-electron chi connectivity index (χ2n) is 8.12. The Morgan fingerprint density at radius 1 is 0.737 bits per heavy atom. The molecule has 2 saturated carbocycles. The van der Waals surface area contributed by atoms with Crippen LogP contribution in [0.3, 0.4) is 0 Å². The Morgan fingerprint density at radius 3 is 1.42 bits per heavy atom. The molecule has 0 saturated heterocycles. The third-order valence-electron chi connectivity index (χ3n) is 6.58. The highest BCUT2D eigenvalue weighted by Crippen LogP contribution is 2.49. The predicted octanol–water partition coefficient (Wildman–Crippen LogP) is 3.54. The Balaban J connectivity index is 2.01. The molecule has 0 aromatic carbocycles. The molecular formula is C17H34N2. The van der Waals surface area contributed by atoms with Gasteiger partial charge >= 0.3 is 0 Å². The van der Waals surface area contributed by atoms with Crippen LogP contribution in [0.5, 0.6) is 0 Å². The molecule has 2 heteroatoms. The summed E-state index contributed by atoms with van der Waals surface area (Å²) in [6.07, 6.45) is 7.75. The first-order valence-electron chi connectivity index (χ1n) is 8.33. The van der Waals surface area contributed by atoms with Gasteiger partial charge in [-0.25, -0.2) is 0 Å². The van der Waals surface area contributed by atoms with Gasteiger partial charge in [0.05, 0.1) is 0 Å². The highest BCUT2D eigenvalue weighted by atomic mass is 14.7. The molecule has 0 amide bonds. The predicted molar refractivity (Wildman–Crippen MR) is 82.7 cm³/mol. The van der Waals surface area contributed by atoms with Gasteiger partial charge < -0.3 is 11.5 Å². The summed E-state index contributed by atoms with van der Waals surface area (Å²) in [4.78, 5) is 0. The van der Waals surface area contributed by atoms with Crippen molar-refractivity contribution in [2.45, 2.75) is 78.3 Å². The fraction of sp³-hybridized carbons (Fsp3) is 1.00. The van der Waals surface area contributed by atoms with E-state index < -0.39 is 0 Å². The molecule has 2 aliphatic rings. The van der Waals surface area contributed by atoms with Crippen molar-refractivity contribution < 1.29 is 0 Å². The highest BCUT2D eigenvalue weighted by molar-refractivity contribution is 4.94. The number of hydrogen-bond acceptors (Lipinski definition) is 2. The topological polar surface area (TPSA) is 52.0 Å². The maximum absolute atomic E-state index is 6.19. The summed E-state index contributed by atoms with van der Waals surface area (Å²) in [5.41, 5.74) is 12.8. The molecular weight excluding hydrogens is 232 g/mol. The molecule has 6 atom stereocenters. The average molecular weight is 266 g/mol. The molecule has 19 heavy (non-hydrogen) atoms. The molecule has 2 aliphatic carbocycles.